The van der Waals surface area contributed by atoms with Crippen LogP contribution in [0.15, 0.2) is 11.6 Å². The van der Waals surface area contributed by atoms with E-state index in [0.29, 0.717) is 25.9 Å². The number of cyclic esters (lactones) is 1. The molecule has 0 radical (unpaired) electrons. The summed E-state index contributed by atoms with van der Waals surface area (Å²) in [7, 11) is 1.89. The molecule has 1 amide bonds. The van der Waals surface area contributed by atoms with Crippen LogP contribution in [0, 0.1) is 13.8 Å². The van der Waals surface area contributed by atoms with Crippen LogP contribution in [0.3, 0.4) is 0 Å². The van der Waals surface area contributed by atoms with E-state index in [9.17, 15) is 9.59 Å². The smallest absolute Gasteiger partial charge is 0.306 e. The first-order valence-electron chi connectivity index (χ1n) is 7.81. The third-order valence-electron chi connectivity index (χ3n) is 4.29. The van der Waals surface area contributed by atoms with Crippen LogP contribution in [0.25, 0.3) is 0 Å². The van der Waals surface area contributed by atoms with Gasteiger partial charge in [-0.05, 0) is 13.8 Å². The predicted octanol–water partition coefficient (Wildman–Crippen LogP) is 1.73. The first-order chi connectivity index (χ1) is 11.5. The number of aryl methyl sites for hydroxylation is 2. The maximum atomic E-state index is 12.8. The van der Waals surface area contributed by atoms with Gasteiger partial charge in [0, 0.05) is 49.3 Å². The second-order valence-corrected chi connectivity index (χ2v) is 6.89. The Bertz CT molecular complexity index is 754. The fourth-order valence-electron chi connectivity index (χ4n) is 2.85. The summed E-state index contributed by atoms with van der Waals surface area (Å²) in [5, 5.41) is 7.15. The maximum absolute atomic E-state index is 12.8. The van der Waals surface area contributed by atoms with Gasteiger partial charge in [0.25, 0.3) is 5.91 Å². The zero-order valence-corrected chi connectivity index (χ0v) is 14.8. The van der Waals surface area contributed by atoms with Crippen LogP contribution >= 0.6 is 11.3 Å². The van der Waals surface area contributed by atoms with E-state index >= 15 is 0 Å². The molecule has 0 bridgehead atoms. The van der Waals surface area contributed by atoms with Gasteiger partial charge >= 0.3 is 5.97 Å². The summed E-state index contributed by atoms with van der Waals surface area (Å²) in [6.07, 6.45) is 1.78. The van der Waals surface area contributed by atoms with Gasteiger partial charge in [-0.25, -0.2) is 4.98 Å². The van der Waals surface area contributed by atoms with E-state index in [1.807, 2.05) is 31.0 Å². The van der Waals surface area contributed by atoms with Crippen molar-refractivity contribution in [3.63, 3.8) is 0 Å². The normalized spacial score (nSPS) is 17.1. The molecule has 0 unspecified atom stereocenters. The largest absolute Gasteiger partial charge is 0.452 e. The number of esters is 1. The monoisotopic (exact) mass is 348 g/mol. The lowest BCUT2D eigenvalue weighted by molar-refractivity contribution is -0.153. The molecule has 8 heteroatoms. The summed E-state index contributed by atoms with van der Waals surface area (Å²) in [4.78, 5) is 30.2. The highest BCUT2D eigenvalue weighted by Crippen LogP contribution is 2.22. The molecule has 0 saturated carbocycles. The van der Waals surface area contributed by atoms with Crippen LogP contribution < -0.4 is 0 Å². The predicted molar refractivity (Wildman–Crippen MR) is 88.2 cm³/mol. The van der Waals surface area contributed by atoms with Gasteiger partial charge in [0.1, 0.15) is 5.01 Å². The number of nitrogens with zero attached hydrogens (tertiary/aromatic N) is 4. The lowest BCUT2D eigenvalue weighted by Gasteiger charge is -2.24. The van der Waals surface area contributed by atoms with Crippen LogP contribution in [-0.4, -0.2) is 37.6 Å². The number of ether oxygens (including phenoxy) is 1. The van der Waals surface area contributed by atoms with E-state index < -0.39 is 6.10 Å². The highest BCUT2D eigenvalue weighted by atomic mass is 32.1. The molecule has 24 heavy (non-hydrogen) atoms. The fraction of sp³-hybridized carbons (Fsp3) is 0.500. The Balaban J connectivity index is 1.84. The van der Waals surface area contributed by atoms with Crippen LogP contribution in [0.1, 0.15) is 34.8 Å². The second kappa shape index (κ2) is 6.72. The van der Waals surface area contributed by atoms with Crippen molar-refractivity contribution in [2.75, 3.05) is 0 Å². The molecule has 0 N–H and O–H groups in total. The maximum Gasteiger partial charge on any atom is 0.306 e. The molecule has 7 nitrogen and oxygen atoms in total. The minimum atomic E-state index is -0.685. The quantitative estimate of drug-likeness (QED) is 0.769. The summed E-state index contributed by atoms with van der Waals surface area (Å²) < 4.78 is 6.97. The molecule has 1 aliphatic rings. The molecule has 2 aromatic rings. The van der Waals surface area contributed by atoms with Gasteiger partial charge in [-0.2, -0.15) is 5.10 Å². The summed E-state index contributed by atoms with van der Waals surface area (Å²) in [6, 6.07) is 0. The fourth-order valence-corrected chi connectivity index (χ4v) is 3.48. The highest BCUT2D eigenvalue weighted by Gasteiger charge is 2.34. The van der Waals surface area contributed by atoms with Crippen LogP contribution in [0.5, 0.6) is 0 Å². The molecule has 1 aliphatic heterocycles. The average molecular weight is 348 g/mol. The molecule has 0 spiro atoms. The molecule has 1 atom stereocenters. The molecular weight excluding hydrogens is 328 g/mol. The number of carbonyl (C=O) groups excluding carboxylic acids is 2. The van der Waals surface area contributed by atoms with Crippen molar-refractivity contribution >= 4 is 23.2 Å². The van der Waals surface area contributed by atoms with Gasteiger partial charge in [0.15, 0.2) is 6.10 Å². The number of carbonyl (C=O) groups is 2. The number of rotatable bonds is 5. The molecule has 0 aliphatic carbocycles. The highest BCUT2D eigenvalue weighted by molar-refractivity contribution is 7.09. The minimum absolute atomic E-state index is 0.168. The topological polar surface area (TPSA) is 77.3 Å². The Morgan fingerprint density at radius 3 is 2.79 bits per heavy atom. The number of hydrogen-bond donors (Lipinski definition) is 0. The molecule has 3 rings (SSSR count). The summed E-state index contributed by atoms with van der Waals surface area (Å²) in [5.41, 5.74) is 2.94. The van der Waals surface area contributed by atoms with E-state index in [0.717, 1.165) is 22.0 Å². The molecule has 128 valence electrons. The first-order valence-corrected chi connectivity index (χ1v) is 8.69. The Kier molecular flexibility index (Phi) is 4.66. The van der Waals surface area contributed by atoms with Gasteiger partial charge in [0.2, 0.25) is 0 Å². The van der Waals surface area contributed by atoms with Gasteiger partial charge in [0.05, 0.1) is 12.2 Å². The van der Waals surface area contributed by atoms with E-state index in [1.54, 1.807) is 11.1 Å². The van der Waals surface area contributed by atoms with Crippen LogP contribution in [0.4, 0.5) is 0 Å². The van der Waals surface area contributed by atoms with E-state index in [-0.39, 0.29) is 11.9 Å². The number of thiazole rings is 1. The third kappa shape index (κ3) is 3.33. The number of aromatic nitrogens is 3. The van der Waals surface area contributed by atoms with Gasteiger partial charge in [-0.15, -0.1) is 11.3 Å². The average Bonchev–Trinajstić information content (AvgIpc) is 3.25. The number of hydrogen-bond acceptors (Lipinski definition) is 6. The van der Waals surface area contributed by atoms with Crippen molar-refractivity contribution in [3.05, 3.63) is 33.5 Å². The lowest BCUT2D eigenvalue weighted by Crippen LogP contribution is -2.38. The van der Waals surface area contributed by atoms with Gasteiger partial charge in [-0.3, -0.25) is 14.3 Å². The Morgan fingerprint density at radius 1 is 1.46 bits per heavy atom. The third-order valence-corrected chi connectivity index (χ3v) is 5.05. The lowest BCUT2D eigenvalue weighted by atomic mass is 10.1. The first kappa shape index (κ1) is 16.6. The molecule has 1 fully saturated rings. The van der Waals surface area contributed by atoms with Crippen LogP contribution in [-0.2, 0) is 34.5 Å². The van der Waals surface area contributed by atoms with E-state index in [1.165, 1.54) is 11.3 Å². The van der Waals surface area contributed by atoms with E-state index in [4.69, 9.17) is 4.74 Å². The molecule has 0 aromatic carbocycles. The van der Waals surface area contributed by atoms with Crippen molar-refractivity contribution < 1.29 is 14.3 Å². The summed E-state index contributed by atoms with van der Waals surface area (Å²) in [5.74, 6) is -0.477. The standard InChI is InChI=1S/C16H20N4O3S/c1-10-12(11(2)19(3)18-10)8-20(9-14-17-6-7-24-14)16(22)13-4-5-15(21)23-13/h6-7,13H,4-5,8-9H2,1-3H3/t13-/m1/s1. The minimum Gasteiger partial charge on any atom is -0.452 e. The molecular formula is C16H20N4O3S. The second-order valence-electron chi connectivity index (χ2n) is 5.91. The van der Waals surface area contributed by atoms with Crippen LogP contribution in [0.2, 0.25) is 0 Å². The van der Waals surface area contributed by atoms with Crippen molar-refractivity contribution in [1.29, 1.82) is 0 Å². The van der Waals surface area contributed by atoms with Gasteiger partial charge < -0.3 is 9.64 Å². The Morgan fingerprint density at radius 2 is 2.25 bits per heavy atom. The molecule has 2 aromatic heterocycles. The molecule has 1 saturated heterocycles. The van der Waals surface area contributed by atoms with Crippen molar-refractivity contribution in [2.24, 2.45) is 7.05 Å². The van der Waals surface area contributed by atoms with Crippen molar-refractivity contribution in [2.45, 2.75) is 45.9 Å². The summed E-state index contributed by atoms with van der Waals surface area (Å²) >= 11 is 1.50. The summed E-state index contributed by atoms with van der Waals surface area (Å²) in [6.45, 7) is 4.75. The Hall–Kier alpha value is -2.22. The van der Waals surface area contributed by atoms with E-state index in [2.05, 4.69) is 10.1 Å². The van der Waals surface area contributed by atoms with Crippen molar-refractivity contribution in [1.82, 2.24) is 19.7 Å². The van der Waals surface area contributed by atoms with Gasteiger partial charge in [-0.1, -0.05) is 0 Å². The number of amides is 1. The SMILES string of the molecule is Cc1nn(C)c(C)c1CN(Cc1nccs1)C(=O)[C@H]1CCC(=O)O1. The van der Waals surface area contributed by atoms with Crippen molar-refractivity contribution in [3.8, 4) is 0 Å². The molecule has 3 heterocycles. The zero-order chi connectivity index (χ0) is 17.3. The zero-order valence-electron chi connectivity index (χ0n) is 14.0. The Labute approximate surface area is 144 Å².